The van der Waals surface area contributed by atoms with Crippen molar-refractivity contribution in [2.24, 2.45) is 0 Å². The molecule has 1 aliphatic rings. The monoisotopic (exact) mass is 490 g/mol. The van der Waals surface area contributed by atoms with Gasteiger partial charge in [-0.2, -0.15) is 0 Å². The van der Waals surface area contributed by atoms with Crippen LogP contribution in [0.3, 0.4) is 0 Å². The average Bonchev–Trinajstić information content (AvgIpc) is 3.27. The lowest BCUT2D eigenvalue weighted by atomic mass is 9.85. The molecule has 5 aromatic rings. The molecule has 1 aliphatic carbocycles. The molecule has 0 bridgehead atoms. The van der Waals surface area contributed by atoms with Crippen molar-refractivity contribution in [3.63, 3.8) is 0 Å². The number of rotatable bonds is 1. The summed E-state index contributed by atoms with van der Waals surface area (Å²) in [5.41, 5.74) is 7.90. The minimum absolute atomic E-state index is 0.329. The van der Waals surface area contributed by atoms with Gasteiger partial charge in [0.15, 0.2) is 0 Å². The quantitative estimate of drug-likeness (QED) is 0.221. The molecule has 0 spiro atoms. The van der Waals surface area contributed by atoms with Crippen molar-refractivity contribution in [1.29, 1.82) is 0 Å². The third-order valence-electron chi connectivity index (χ3n) is 6.03. The van der Waals surface area contributed by atoms with E-state index in [2.05, 4.69) is 97.1 Å². The van der Waals surface area contributed by atoms with Crippen molar-refractivity contribution >= 4 is 67.1 Å². The summed E-state index contributed by atoms with van der Waals surface area (Å²) in [6.07, 6.45) is 3.25. The van der Waals surface area contributed by atoms with Gasteiger partial charge in [-0.25, -0.2) is 0 Å². The van der Waals surface area contributed by atoms with E-state index in [0.717, 1.165) is 32.5 Å². The molecule has 6 rings (SSSR count). The number of hydrogen-bond donors (Lipinski definition) is 0. The number of para-hydroxylation sites is 2. The Hall–Kier alpha value is -2.53. The predicted molar refractivity (Wildman–Crippen MR) is 128 cm³/mol. The van der Waals surface area contributed by atoms with Crippen LogP contribution in [-0.2, 0) is 0 Å². The second kappa shape index (κ2) is 6.23. The van der Waals surface area contributed by atoms with Crippen LogP contribution in [0.2, 0.25) is 0 Å². The van der Waals surface area contributed by atoms with Crippen molar-refractivity contribution in [2.75, 3.05) is 0 Å². The molecule has 0 aliphatic heterocycles. The van der Waals surface area contributed by atoms with E-state index in [-0.39, 0.29) is 0 Å². The fourth-order valence-electron chi connectivity index (χ4n) is 4.65. The molecule has 0 N–H and O–H groups in total. The average molecular weight is 490 g/mol. The largest absolute Gasteiger partial charge is 0.459 e. The van der Waals surface area contributed by atoms with E-state index in [0.29, 0.717) is 5.92 Å². The van der Waals surface area contributed by atoms with Gasteiger partial charge in [-0.3, -0.25) is 0 Å². The van der Waals surface area contributed by atoms with E-state index >= 15 is 0 Å². The lowest BCUT2D eigenvalue weighted by Crippen LogP contribution is -2.02. The standard InChI is InChI=1S/C26H19IO2/c1-14-9-10-23-20(11-14)18-6-3-5-17(25(18)28-23)16-12-15(2)24-21(13-16)19-7-4-8-22(27)26(19)29-24/h3-11,13,15H,12H2,1-2H3. The lowest BCUT2D eigenvalue weighted by Gasteiger charge is -2.19. The van der Waals surface area contributed by atoms with Crippen LogP contribution in [-0.4, -0.2) is 0 Å². The fraction of sp³-hybridized carbons (Fsp3) is 0.154. The summed E-state index contributed by atoms with van der Waals surface area (Å²) in [6, 6.07) is 19.3. The molecule has 2 heterocycles. The molecule has 0 saturated heterocycles. The highest BCUT2D eigenvalue weighted by atomic mass is 127. The van der Waals surface area contributed by atoms with E-state index in [4.69, 9.17) is 8.83 Å². The molecule has 2 aromatic heterocycles. The maximum atomic E-state index is 6.34. The molecule has 2 nitrogen and oxygen atoms in total. The van der Waals surface area contributed by atoms with E-state index in [1.807, 2.05) is 0 Å². The number of aryl methyl sites for hydroxylation is 1. The number of furan rings is 2. The minimum Gasteiger partial charge on any atom is -0.459 e. The Balaban J connectivity index is 1.62. The van der Waals surface area contributed by atoms with Gasteiger partial charge in [0.1, 0.15) is 22.5 Å². The normalized spacial score (nSPS) is 16.5. The Morgan fingerprint density at radius 3 is 2.62 bits per heavy atom. The molecule has 0 amide bonds. The van der Waals surface area contributed by atoms with Crippen molar-refractivity contribution < 1.29 is 8.83 Å². The maximum absolute atomic E-state index is 6.34. The molecule has 29 heavy (non-hydrogen) atoms. The highest BCUT2D eigenvalue weighted by Crippen LogP contribution is 2.45. The number of allylic oxidation sites excluding steroid dienone is 1. The molecule has 1 unspecified atom stereocenters. The first-order valence-corrected chi connectivity index (χ1v) is 11.0. The first kappa shape index (κ1) is 17.3. The minimum atomic E-state index is 0.329. The zero-order valence-corrected chi connectivity index (χ0v) is 18.4. The lowest BCUT2D eigenvalue weighted by molar-refractivity contribution is 0.505. The molecule has 0 radical (unpaired) electrons. The highest BCUT2D eigenvalue weighted by molar-refractivity contribution is 14.1. The zero-order valence-electron chi connectivity index (χ0n) is 16.3. The molecule has 0 saturated carbocycles. The number of hydrogen-bond acceptors (Lipinski definition) is 2. The Morgan fingerprint density at radius 1 is 0.897 bits per heavy atom. The van der Waals surface area contributed by atoms with Crippen molar-refractivity contribution in [3.8, 4) is 0 Å². The van der Waals surface area contributed by atoms with Gasteiger partial charge in [0.25, 0.3) is 0 Å². The second-order valence-electron chi connectivity index (χ2n) is 8.06. The number of benzene rings is 3. The Kier molecular flexibility index (Phi) is 3.73. The third kappa shape index (κ3) is 2.53. The van der Waals surface area contributed by atoms with Crippen LogP contribution in [0.5, 0.6) is 0 Å². The van der Waals surface area contributed by atoms with Crippen LogP contribution in [0.15, 0.2) is 63.4 Å². The summed E-state index contributed by atoms with van der Waals surface area (Å²) < 4.78 is 13.8. The van der Waals surface area contributed by atoms with Gasteiger partial charge in [0.05, 0.1) is 3.57 Å². The van der Waals surface area contributed by atoms with E-state index in [1.54, 1.807) is 0 Å². The number of fused-ring (bicyclic) bond motifs is 6. The second-order valence-corrected chi connectivity index (χ2v) is 9.22. The molecule has 3 aromatic carbocycles. The van der Waals surface area contributed by atoms with Crippen LogP contribution in [0.25, 0.3) is 44.6 Å². The highest BCUT2D eigenvalue weighted by Gasteiger charge is 2.26. The molecular weight excluding hydrogens is 471 g/mol. The summed E-state index contributed by atoms with van der Waals surface area (Å²) in [4.78, 5) is 0. The maximum Gasteiger partial charge on any atom is 0.148 e. The van der Waals surface area contributed by atoms with Gasteiger partial charge in [-0.1, -0.05) is 48.9 Å². The van der Waals surface area contributed by atoms with Crippen molar-refractivity contribution in [3.05, 3.63) is 80.6 Å². The topological polar surface area (TPSA) is 26.3 Å². The summed E-state index contributed by atoms with van der Waals surface area (Å²) >= 11 is 2.36. The molecule has 1 atom stereocenters. The van der Waals surface area contributed by atoms with Gasteiger partial charge in [-0.05, 0) is 65.8 Å². The fourth-order valence-corrected chi connectivity index (χ4v) is 5.25. The number of halogens is 1. The molecule has 142 valence electrons. The molecular formula is C26H19IO2. The van der Waals surface area contributed by atoms with E-state index in [9.17, 15) is 0 Å². The van der Waals surface area contributed by atoms with Crippen LogP contribution >= 0.6 is 22.6 Å². The Morgan fingerprint density at radius 2 is 1.72 bits per heavy atom. The first-order chi connectivity index (χ1) is 14.1. The van der Waals surface area contributed by atoms with Crippen LogP contribution < -0.4 is 0 Å². The predicted octanol–water partition coefficient (Wildman–Crippen LogP) is 8.29. The van der Waals surface area contributed by atoms with Crippen LogP contribution in [0.4, 0.5) is 0 Å². The zero-order chi connectivity index (χ0) is 19.7. The van der Waals surface area contributed by atoms with Crippen molar-refractivity contribution in [2.45, 2.75) is 26.2 Å². The van der Waals surface area contributed by atoms with Gasteiger partial charge >= 0.3 is 0 Å². The van der Waals surface area contributed by atoms with Gasteiger partial charge < -0.3 is 8.83 Å². The molecule has 0 fully saturated rings. The Labute approximate surface area is 182 Å². The summed E-state index contributed by atoms with van der Waals surface area (Å²) in [7, 11) is 0. The summed E-state index contributed by atoms with van der Waals surface area (Å²) in [5, 5.41) is 3.57. The van der Waals surface area contributed by atoms with Gasteiger partial charge in [-0.15, -0.1) is 0 Å². The van der Waals surface area contributed by atoms with Crippen LogP contribution in [0.1, 0.15) is 41.7 Å². The van der Waals surface area contributed by atoms with Crippen molar-refractivity contribution in [1.82, 2.24) is 0 Å². The first-order valence-electron chi connectivity index (χ1n) is 9.94. The van der Waals surface area contributed by atoms with Gasteiger partial charge in [0.2, 0.25) is 0 Å². The summed E-state index contributed by atoms with van der Waals surface area (Å²) in [6.45, 7) is 4.38. The smallest absolute Gasteiger partial charge is 0.148 e. The Bertz CT molecular complexity index is 1460. The van der Waals surface area contributed by atoms with Gasteiger partial charge in [0, 0.05) is 33.2 Å². The van der Waals surface area contributed by atoms with Crippen LogP contribution in [0, 0.1) is 10.5 Å². The van der Waals surface area contributed by atoms with E-state index in [1.165, 1.54) is 38.4 Å². The molecule has 3 heteroatoms. The summed E-state index contributed by atoms with van der Waals surface area (Å²) in [5.74, 6) is 1.43. The SMILES string of the molecule is Cc1ccc2oc3c(C4=Cc5c(oc6c(I)cccc56)C(C)C4)cccc3c2c1. The third-order valence-corrected chi connectivity index (χ3v) is 6.87. The van der Waals surface area contributed by atoms with E-state index < -0.39 is 0 Å².